The average molecular weight is 726 g/mol. The van der Waals surface area contributed by atoms with Crippen molar-refractivity contribution < 1.29 is 34.1 Å². The lowest BCUT2D eigenvalue weighted by atomic mass is 9.95. The first-order valence-corrected chi connectivity index (χ1v) is 17.0. The van der Waals surface area contributed by atoms with E-state index < -0.39 is 60.4 Å². The number of aromatic hydroxyl groups is 1. The number of fused-ring (bicyclic) bond motifs is 1. The molecule has 2 heterocycles. The molecule has 48 heavy (non-hydrogen) atoms. The predicted molar refractivity (Wildman–Crippen MR) is 186 cm³/mol. The van der Waals surface area contributed by atoms with Crippen molar-refractivity contribution in [1.29, 1.82) is 0 Å². The number of carbonyl (C=O) groups is 4. The normalized spacial score (nSPS) is 25.7. The van der Waals surface area contributed by atoms with Crippen molar-refractivity contribution in [1.82, 2.24) is 20.5 Å². The van der Waals surface area contributed by atoms with Gasteiger partial charge in [-0.3, -0.25) is 19.2 Å². The number of cyclic esters (lactones) is 1. The third kappa shape index (κ3) is 9.25. The molecule has 0 fully saturated rings. The first kappa shape index (κ1) is 36.7. The number of allylic oxidation sites excluding steroid dienone is 2. The van der Waals surface area contributed by atoms with E-state index >= 15 is 0 Å². The van der Waals surface area contributed by atoms with Gasteiger partial charge in [0.1, 0.15) is 17.8 Å². The topological polar surface area (TPSA) is 161 Å². The largest absolute Gasteiger partial charge is 0.508 e. The van der Waals surface area contributed by atoms with Crippen LogP contribution >= 0.6 is 15.9 Å². The predicted octanol–water partition coefficient (Wildman–Crippen LogP) is 4.67. The summed E-state index contributed by atoms with van der Waals surface area (Å²) in [6, 6.07) is 10.4. The van der Waals surface area contributed by atoms with Crippen LogP contribution in [0, 0.1) is 11.8 Å². The molecular weight excluding hydrogens is 680 g/mol. The molecular formula is C36H45BrN4O7. The van der Waals surface area contributed by atoms with Gasteiger partial charge in [-0.1, -0.05) is 55.8 Å². The monoisotopic (exact) mass is 724 g/mol. The van der Waals surface area contributed by atoms with E-state index in [0.717, 1.165) is 22.0 Å². The Morgan fingerprint density at radius 3 is 2.33 bits per heavy atom. The Kier molecular flexibility index (Phi) is 12.4. The molecule has 0 saturated heterocycles. The molecule has 0 radical (unpaired) electrons. The van der Waals surface area contributed by atoms with Crippen molar-refractivity contribution in [2.24, 2.45) is 11.8 Å². The summed E-state index contributed by atoms with van der Waals surface area (Å²) in [6.45, 7) is 6.83. The van der Waals surface area contributed by atoms with E-state index in [2.05, 4.69) is 31.5 Å². The van der Waals surface area contributed by atoms with Crippen molar-refractivity contribution in [3.63, 3.8) is 0 Å². The molecule has 0 saturated carbocycles. The summed E-state index contributed by atoms with van der Waals surface area (Å²) >= 11 is 3.57. The quantitative estimate of drug-likeness (QED) is 0.193. The number of hydrogen-bond acceptors (Lipinski definition) is 7. The van der Waals surface area contributed by atoms with E-state index in [1.807, 2.05) is 51.1 Å². The maximum absolute atomic E-state index is 14.3. The van der Waals surface area contributed by atoms with Crippen molar-refractivity contribution in [2.75, 3.05) is 13.7 Å². The number of aromatic amines is 1. The number of rotatable bonds is 4. The lowest BCUT2D eigenvalue weighted by Crippen LogP contribution is -2.57. The van der Waals surface area contributed by atoms with Gasteiger partial charge in [-0.25, -0.2) is 0 Å². The van der Waals surface area contributed by atoms with Gasteiger partial charge in [0.2, 0.25) is 17.7 Å². The molecule has 11 nitrogen and oxygen atoms in total. The van der Waals surface area contributed by atoms with Gasteiger partial charge in [0.25, 0.3) is 0 Å². The van der Waals surface area contributed by atoms with Crippen LogP contribution in [0.1, 0.15) is 64.1 Å². The molecule has 3 amide bonds. The minimum atomic E-state index is -1.29. The van der Waals surface area contributed by atoms with Gasteiger partial charge in [-0.2, -0.15) is 0 Å². The average Bonchev–Trinajstić information content (AvgIpc) is 3.35. The van der Waals surface area contributed by atoms with Gasteiger partial charge in [0.15, 0.2) is 0 Å². The summed E-state index contributed by atoms with van der Waals surface area (Å²) in [4.78, 5) is 59.2. The van der Waals surface area contributed by atoms with E-state index in [0.29, 0.717) is 23.0 Å². The minimum Gasteiger partial charge on any atom is -0.508 e. The molecule has 3 aromatic rings. The molecule has 0 aliphatic carbocycles. The zero-order valence-corrected chi connectivity index (χ0v) is 29.5. The summed E-state index contributed by atoms with van der Waals surface area (Å²) in [5.41, 5.74) is 3.10. The Balaban J connectivity index is 1.76. The van der Waals surface area contributed by atoms with Crippen molar-refractivity contribution in [2.45, 2.75) is 77.6 Å². The maximum Gasteiger partial charge on any atom is 0.308 e. The number of aliphatic hydroxyl groups excluding tert-OH is 1. The number of benzene rings is 2. The number of ether oxygens (including phenoxy) is 1. The summed E-state index contributed by atoms with van der Waals surface area (Å²) in [6.07, 6.45) is 2.47. The molecule has 12 heteroatoms. The lowest BCUT2D eigenvalue weighted by molar-refractivity contribution is -0.150. The van der Waals surface area contributed by atoms with E-state index in [1.54, 1.807) is 19.1 Å². The highest BCUT2D eigenvalue weighted by atomic mass is 79.9. The molecule has 5 N–H and O–H groups in total. The second-order valence-electron chi connectivity index (χ2n) is 12.9. The van der Waals surface area contributed by atoms with Crippen LogP contribution in [-0.4, -0.2) is 75.6 Å². The SMILES string of the molecule is CC1=C[C@H](C)C[C@H](C)OC(=O)C[C@H](c2ccc(O)cc2)NC(=O)[C@@H](Cc2c(Br)[nH]c3ccccc23)N(C)C(=O)[C@H](CO)NC(=O)[C@@H](C)C1. The van der Waals surface area contributed by atoms with Crippen molar-refractivity contribution >= 4 is 50.5 Å². The van der Waals surface area contributed by atoms with Gasteiger partial charge >= 0.3 is 5.97 Å². The van der Waals surface area contributed by atoms with Crippen LogP contribution in [0.2, 0.25) is 0 Å². The fraction of sp³-hybridized carbons (Fsp3) is 0.444. The number of halogens is 1. The maximum atomic E-state index is 14.3. The van der Waals surface area contributed by atoms with Crippen molar-refractivity contribution in [3.8, 4) is 5.75 Å². The fourth-order valence-electron chi connectivity index (χ4n) is 6.30. The third-order valence-electron chi connectivity index (χ3n) is 8.74. The van der Waals surface area contributed by atoms with E-state index in [9.17, 15) is 29.4 Å². The highest BCUT2D eigenvalue weighted by molar-refractivity contribution is 9.10. The number of aromatic nitrogens is 1. The second-order valence-corrected chi connectivity index (χ2v) is 13.7. The molecule has 0 spiro atoms. The number of phenolic OH excluding ortho intramolecular Hbond substituents is 1. The standard InChI is InChI=1S/C36H45BrN4O7/c1-20-14-21(2)16-23(4)48-32(44)18-29(24-10-12-25(43)13-11-24)39-35(46)31(17-27-26-8-6-7-9-28(26)38-33(27)37)41(5)36(47)30(19-42)40-34(45)22(3)15-20/h6-14,21-23,29-31,38,42-43H,15-19H2,1-5H3,(H,39,46)(H,40,45)/t21-,22-,23-,29+,30-,31+/m0/s1. The van der Waals surface area contributed by atoms with Gasteiger partial charge in [0, 0.05) is 30.3 Å². The number of para-hydroxylation sites is 1. The number of hydrogen-bond donors (Lipinski definition) is 5. The first-order chi connectivity index (χ1) is 22.8. The van der Waals surface area contributed by atoms with E-state index in [1.165, 1.54) is 24.1 Å². The zero-order chi connectivity index (χ0) is 35.1. The molecule has 1 aromatic heterocycles. The number of aliphatic hydroxyl groups is 1. The third-order valence-corrected chi connectivity index (χ3v) is 9.41. The first-order valence-electron chi connectivity index (χ1n) is 16.2. The van der Waals surface area contributed by atoms with E-state index in [-0.39, 0.29) is 24.5 Å². The van der Waals surface area contributed by atoms with E-state index in [4.69, 9.17) is 4.74 Å². The van der Waals surface area contributed by atoms with Crippen LogP contribution in [0.5, 0.6) is 5.75 Å². The zero-order valence-electron chi connectivity index (χ0n) is 28.0. The molecule has 1 aliphatic heterocycles. The lowest BCUT2D eigenvalue weighted by Gasteiger charge is -2.32. The number of H-pyrrole nitrogens is 1. The van der Waals surface area contributed by atoms with Gasteiger partial charge in [-0.05, 0) is 77.9 Å². The molecule has 0 bridgehead atoms. The summed E-state index contributed by atoms with van der Waals surface area (Å²) < 4.78 is 6.42. The fourth-order valence-corrected chi connectivity index (χ4v) is 6.89. The van der Waals surface area contributed by atoms with Crippen LogP contribution in [-0.2, 0) is 30.3 Å². The Labute approximate surface area is 289 Å². The van der Waals surface area contributed by atoms with Crippen LogP contribution in [0.15, 0.2) is 64.8 Å². The van der Waals surface area contributed by atoms with Gasteiger partial charge < -0.3 is 35.5 Å². The smallest absolute Gasteiger partial charge is 0.308 e. The second kappa shape index (κ2) is 16.3. The van der Waals surface area contributed by atoms with Crippen molar-refractivity contribution in [3.05, 3.63) is 75.9 Å². The molecule has 258 valence electrons. The number of nitrogens with zero attached hydrogens (tertiary/aromatic N) is 1. The minimum absolute atomic E-state index is 0.0218. The highest BCUT2D eigenvalue weighted by Crippen LogP contribution is 2.29. The number of amides is 3. The molecule has 4 rings (SSSR count). The molecule has 2 aromatic carbocycles. The Bertz CT molecular complexity index is 1650. The number of nitrogens with one attached hydrogen (secondary N) is 3. The van der Waals surface area contributed by atoms with Crippen LogP contribution in [0.3, 0.4) is 0 Å². The summed E-state index contributed by atoms with van der Waals surface area (Å²) in [5.74, 6) is -2.56. The van der Waals surface area contributed by atoms with Gasteiger partial charge in [-0.15, -0.1) is 0 Å². The van der Waals surface area contributed by atoms with Gasteiger partial charge in [0.05, 0.1) is 29.8 Å². The Hall–Kier alpha value is -4.16. The highest BCUT2D eigenvalue weighted by Gasteiger charge is 2.35. The van der Waals surface area contributed by atoms with Crippen LogP contribution in [0.4, 0.5) is 0 Å². The number of carbonyl (C=O) groups excluding carboxylic acids is 4. The number of phenols is 1. The molecule has 1 aliphatic rings. The molecule has 6 atom stereocenters. The Morgan fingerprint density at radius 1 is 0.958 bits per heavy atom. The van der Waals surface area contributed by atoms with Crippen LogP contribution in [0.25, 0.3) is 10.9 Å². The number of esters is 1. The Morgan fingerprint density at radius 2 is 1.65 bits per heavy atom. The number of likely N-dealkylation sites (N-methyl/N-ethyl adjacent to an activating group) is 1. The van der Waals surface area contributed by atoms with Crippen LogP contribution < -0.4 is 10.6 Å². The molecule has 0 unspecified atom stereocenters. The summed E-state index contributed by atoms with van der Waals surface area (Å²) in [5, 5.41) is 26.7. The summed E-state index contributed by atoms with van der Waals surface area (Å²) in [7, 11) is 1.45.